The lowest BCUT2D eigenvalue weighted by molar-refractivity contribution is -0.193. The van der Waals surface area contributed by atoms with Gasteiger partial charge in [-0.05, 0) is 35.4 Å². The first-order chi connectivity index (χ1) is 19.6. The van der Waals surface area contributed by atoms with Gasteiger partial charge in [-0.15, -0.1) is 16.9 Å². The number of benzene rings is 1. The molecule has 1 aromatic heterocycles. The number of aromatic amines is 1. The van der Waals surface area contributed by atoms with Gasteiger partial charge in [0, 0.05) is 18.1 Å². The average Bonchev–Trinajstić information content (AvgIpc) is 3.47. The maximum absolute atomic E-state index is 13.6. The molecule has 0 spiro atoms. The van der Waals surface area contributed by atoms with Crippen LogP contribution in [0.25, 0.3) is 0 Å². The number of H-pyrrole nitrogens is 1. The summed E-state index contributed by atoms with van der Waals surface area (Å²) in [6.07, 6.45) is -1.82. The third-order valence-electron chi connectivity index (χ3n) is 6.27. The van der Waals surface area contributed by atoms with Crippen molar-refractivity contribution in [3.8, 4) is 0 Å². The Morgan fingerprint density at radius 1 is 1.29 bits per heavy atom. The van der Waals surface area contributed by atoms with Crippen LogP contribution in [-0.4, -0.2) is 102 Å². The van der Waals surface area contributed by atoms with Crippen LogP contribution in [0.5, 0.6) is 0 Å². The molecule has 4 rings (SSSR count). The lowest BCUT2D eigenvalue weighted by atomic mass is 9.96. The number of tetrazole rings is 1. The van der Waals surface area contributed by atoms with Crippen LogP contribution in [0.4, 0.5) is 0 Å². The number of aliphatic hydroxyl groups is 1. The smallest absolute Gasteiger partial charge is 0.352 e. The fourth-order valence-corrected chi connectivity index (χ4v) is 9.43. The number of nitrogens with one attached hydrogen (secondary N) is 2. The number of nitrogens with zero attached hydrogens (tertiary/aromatic N) is 4. The van der Waals surface area contributed by atoms with E-state index in [2.05, 4.69) is 25.9 Å². The molecule has 0 bridgehead atoms. The van der Waals surface area contributed by atoms with Crippen molar-refractivity contribution in [1.82, 2.24) is 30.8 Å². The molecule has 18 heteroatoms. The molecule has 2 aromatic rings. The third-order valence-corrected chi connectivity index (χ3v) is 11.1. The Balaban J connectivity index is 1.67. The topological polar surface area (TPSA) is 206 Å². The summed E-state index contributed by atoms with van der Waals surface area (Å²) in [6, 6.07) is 8.12. The molecule has 0 saturated carbocycles. The standard InChI is InChI=1S/C23H29N6O9PS2/c1-4-37-39(35,38-5-2)11-15(41-22-25-27-28-26-22)14-12-40-21-23(36-3,20(34)29(21)16(14)19(32)33)24-18(31)17(30)13-9-7-6-8-10-13/h6-10,15,17,21,30H,4-5,11-12H2,1-3H3,(H,24,31)(H,32,33)(H,25,26,27,28)/t15?,17?,21-,23-/m0/s1. The number of β-lactam (4-membered cyclic amide) rings is 1. The molecule has 2 amide bonds. The first-order valence-corrected chi connectivity index (χ1v) is 16.1. The number of thioether (sulfide) groups is 2. The van der Waals surface area contributed by atoms with Crippen molar-refractivity contribution in [2.45, 2.75) is 41.5 Å². The van der Waals surface area contributed by atoms with Gasteiger partial charge >= 0.3 is 13.6 Å². The predicted octanol–water partition coefficient (Wildman–Crippen LogP) is 1.37. The van der Waals surface area contributed by atoms with E-state index in [-0.39, 0.29) is 41.6 Å². The minimum Gasteiger partial charge on any atom is -0.477 e. The minimum absolute atomic E-state index is 0.0514. The number of carboxylic acids is 1. The molecule has 1 saturated heterocycles. The fourth-order valence-electron chi connectivity index (χ4n) is 4.48. The molecule has 15 nitrogen and oxygen atoms in total. The molecule has 1 fully saturated rings. The Bertz CT molecular complexity index is 1340. The quantitative estimate of drug-likeness (QED) is 0.101. The van der Waals surface area contributed by atoms with Gasteiger partial charge in [0.25, 0.3) is 17.5 Å². The van der Waals surface area contributed by atoms with Crippen LogP contribution in [0.1, 0.15) is 25.5 Å². The Morgan fingerprint density at radius 2 is 1.98 bits per heavy atom. The summed E-state index contributed by atoms with van der Waals surface area (Å²) >= 11 is 2.15. The number of hydrogen-bond donors (Lipinski definition) is 4. The van der Waals surface area contributed by atoms with Crippen LogP contribution in [-0.2, 0) is 32.7 Å². The van der Waals surface area contributed by atoms with Crippen molar-refractivity contribution >= 4 is 48.9 Å². The van der Waals surface area contributed by atoms with E-state index >= 15 is 0 Å². The van der Waals surface area contributed by atoms with Crippen molar-refractivity contribution < 1.29 is 42.9 Å². The molecule has 2 aliphatic heterocycles. The second-order valence-corrected chi connectivity index (χ2v) is 13.1. The zero-order valence-corrected chi connectivity index (χ0v) is 24.8. The van der Waals surface area contributed by atoms with Crippen molar-refractivity contribution in [3.05, 3.63) is 47.2 Å². The number of fused-ring (bicyclic) bond motifs is 1. The second kappa shape index (κ2) is 13.0. The van der Waals surface area contributed by atoms with E-state index in [1.165, 1.54) is 7.11 Å². The van der Waals surface area contributed by atoms with Gasteiger partial charge in [-0.2, -0.15) is 0 Å². The minimum atomic E-state index is -3.69. The molecule has 2 unspecified atom stereocenters. The number of aliphatic carboxylic acids is 1. The largest absolute Gasteiger partial charge is 0.477 e. The van der Waals surface area contributed by atoms with Crippen LogP contribution < -0.4 is 5.32 Å². The molecular formula is C23H29N6O9PS2. The maximum atomic E-state index is 13.6. The molecular weight excluding hydrogens is 599 g/mol. The molecule has 4 atom stereocenters. The highest BCUT2D eigenvalue weighted by Gasteiger charge is 2.67. The summed E-state index contributed by atoms with van der Waals surface area (Å²) < 4.78 is 29.9. The Hall–Kier alpha value is -2.79. The van der Waals surface area contributed by atoms with Gasteiger partial charge in [0.2, 0.25) is 5.16 Å². The number of rotatable bonds is 14. The number of aliphatic hydroxyl groups excluding tert-OH is 1. The fraction of sp³-hybridized carbons (Fsp3) is 0.478. The summed E-state index contributed by atoms with van der Waals surface area (Å²) in [4.78, 5) is 40.2. The van der Waals surface area contributed by atoms with Gasteiger partial charge < -0.3 is 29.3 Å². The summed E-state index contributed by atoms with van der Waals surface area (Å²) in [5.41, 5.74) is -1.71. The number of carboxylic acid groups (broad SMARTS) is 1. The molecule has 0 radical (unpaired) electrons. The van der Waals surface area contributed by atoms with E-state index in [0.29, 0.717) is 5.56 Å². The highest BCUT2D eigenvalue weighted by atomic mass is 32.2. The number of aromatic nitrogens is 4. The Labute approximate surface area is 243 Å². The maximum Gasteiger partial charge on any atom is 0.352 e. The van der Waals surface area contributed by atoms with Gasteiger partial charge in [0.05, 0.1) is 19.4 Å². The second-order valence-electron chi connectivity index (χ2n) is 8.70. The zero-order chi connectivity index (χ0) is 29.8. The normalized spacial score (nSPS) is 22.1. The summed E-state index contributed by atoms with van der Waals surface area (Å²) in [7, 11) is -2.48. The van der Waals surface area contributed by atoms with Crippen molar-refractivity contribution in [2.24, 2.45) is 0 Å². The predicted molar refractivity (Wildman–Crippen MR) is 147 cm³/mol. The van der Waals surface area contributed by atoms with Gasteiger partial charge in [-0.1, -0.05) is 42.1 Å². The molecule has 2 aliphatic rings. The number of hydrogen-bond acceptors (Lipinski definition) is 13. The van der Waals surface area contributed by atoms with E-state index in [9.17, 15) is 29.2 Å². The molecule has 1 aromatic carbocycles. The third kappa shape index (κ3) is 6.21. The SMILES string of the molecule is CCOP(=O)(CC(Sc1nnn[nH]1)C1=C(C(=O)O)N2C(=O)[C@](NC(=O)C(O)c3ccccc3)(OC)[C@@H]2SC1)OCC. The first-order valence-electron chi connectivity index (χ1n) is 12.4. The van der Waals surface area contributed by atoms with E-state index < -0.39 is 47.8 Å². The van der Waals surface area contributed by atoms with E-state index in [1.807, 2.05) is 0 Å². The lowest BCUT2D eigenvalue weighted by Gasteiger charge is -2.56. The van der Waals surface area contributed by atoms with Gasteiger partial charge in [0.1, 0.15) is 11.1 Å². The zero-order valence-electron chi connectivity index (χ0n) is 22.3. The summed E-state index contributed by atoms with van der Waals surface area (Å²) in [5, 5.41) is 35.2. The molecule has 0 aliphatic carbocycles. The number of carbonyl (C=O) groups is 3. The highest BCUT2D eigenvalue weighted by Crippen LogP contribution is 2.54. The number of amides is 2. The van der Waals surface area contributed by atoms with Gasteiger partial charge in [0.15, 0.2) is 6.10 Å². The van der Waals surface area contributed by atoms with Crippen molar-refractivity contribution in [3.63, 3.8) is 0 Å². The Morgan fingerprint density at radius 3 is 2.54 bits per heavy atom. The monoisotopic (exact) mass is 628 g/mol. The van der Waals surface area contributed by atoms with Gasteiger partial charge in [-0.25, -0.2) is 9.89 Å². The number of methoxy groups -OCH3 is 1. The lowest BCUT2D eigenvalue weighted by Crippen LogP contribution is -2.81. The van der Waals surface area contributed by atoms with E-state index in [4.69, 9.17) is 13.8 Å². The molecule has 222 valence electrons. The van der Waals surface area contributed by atoms with E-state index in [0.717, 1.165) is 28.4 Å². The molecule has 41 heavy (non-hydrogen) atoms. The number of ether oxygens (including phenoxy) is 1. The molecule has 4 N–H and O–H groups in total. The van der Waals surface area contributed by atoms with Crippen LogP contribution >= 0.6 is 31.1 Å². The summed E-state index contributed by atoms with van der Waals surface area (Å²) in [5.74, 6) is -3.10. The highest BCUT2D eigenvalue weighted by molar-refractivity contribution is 8.01. The van der Waals surface area contributed by atoms with Crippen LogP contribution in [0.2, 0.25) is 0 Å². The van der Waals surface area contributed by atoms with Crippen LogP contribution in [0.15, 0.2) is 46.8 Å². The van der Waals surface area contributed by atoms with Crippen LogP contribution in [0, 0.1) is 0 Å². The van der Waals surface area contributed by atoms with Crippen molar-refractivity contribution in [2.75, 3.05) is 32.2 Å². The average molecular weight is 629 g/mol. The first kappa shape index (κ1) is 31.2. The number of carbonyl (C=O) groups excluding carboxylic acids is 2. The van der Waals surface area contributed by atoms with Crippen LogP contribution in [0.3, 0.4) is 0 Å². The van der Waals surface area contributed by atoms with Crippen molar-refractivity contribution in [1.29, 1.82) is 0 Å². The Kier molecular flexibility index (Phi) is 9.89. The summed E-state index contributed by atoms with van der Waals surface area (Å²) in [6.45, 7) is 3.50. The molecule has 3 heterocycles. The van der Waals surface area contributed by atoms with Gasteiger partial charge in [-0.3, -0.25) is 19.1 Å². The van der Waals surface area contributed by atoms with E-state index in [1.54, 1.807) is 44.2 Å².